The van der Waals surface area contributed by atoms with Crippen molar-refractivity contribution in [3.63, 3.8) is 0 Å². The zero-order valence-electron chi connectivity index (χ0n) is 8.30. The minimum Gasteiger partial charge on any atom is -0.394 e. The van der Waals surface area contributed by atoms with Gasteiger partial charge in [0, 0.05) is 0 Å². The Morgan fingerprint density at radius 3 is 2.73 bits per heavy atom. The summed E-state index contributed by atoms with van der Waals surface area (Å²) in [6.45, 7) is 0.323. The summed E-state index contributed by atoms with van der Waals surface area (Å²) in [5.41, 5.74) is 1.01. The summed E-state index contributed by atoms with van der Waals surface area (Å²) in [7, 11) is 0. The summed E-state index contributed by atoms with van der Waals surface area (Å²) in [6.07, 6.45) is 0.380. The second kappa shape index (κ2) is 4.42. The van der Waals surface area contributed by atoms with Crippen molar-refractivity contribution in [1.29, 1.82) is 0 Å². The summed E-state index contributed by atoms with van der Waals surface area (Å²) < 4.78 is 0. The predicted molar refractivity (Wildman–Crippen MR) is 53.6 cm³/mol. The lowest BCUT2D eigenvalue weighted by Crippen LogP contribution is -2.53. The van der Waals surface area contributed by atoms with Crippen molar-refractivity contribution in [3.05, 3.63) is 35.9 Å². The first-order valence-corrected chi connectivity index (χ1v) is 4.91. The average molecular weight is 207 g/mol. The van der Waals surface area contributed by atoms with Crippen molar-refractivity contribution >= 4 is 5.91 Å². The molecule has 0 aromatic heterocycles. The van der Waals surface area contributed by atoms with Crippen LogP contribution >= 0.6 is 0 Å². The lowest BCUT2D eigenvalue weighted by atomic mass is 10.1. The molecule has 1 saturated heterocycles. The molecule has 15 heavy (non-hydrogen) atoms. The molecule has 4 heteroatoms. The van der Waals surface area contributed by atoms with Crippen molar-refractivity contribution in [3.8, 4) is 0 Å². The number of nitrogens with zero attached hydrogens (tertiary/aromatic N) is 1. The molecule has 1 aromatic rings. The SMILES string of the molecule is O=C1CC(CO)N1OCc1ccccc1. The third-order valence-electron chi connectivity index (χ3n) is 2.41. The van der Waals surface area contributed by atoms with Crippen molar-refractivity contribution in [2.45, 2.75) is 19.1 Å². The summed E-state index contributed by atoms with van der Waals surface area (Å²) >= 11 is 0. The Labute approximate surface area is 88.0 Å². The molecule has 0 aliphatic carbocycles. The van der Waals surface area contributed by atoms with Crippen LogP contribution in [0.5, 0.6) is 0 Å². The molecule has 1 aromatic carbocycles. The van der Waals surface area contributed by atoms with E-state index in [1.165, 1.54) is 5.06 Å². The van der Waals surface area contributed by atoms with Crippen LogP contribution in [0.1, 0.15) is 12.0 Å². The van der Waals surface area contributed by atoms with Crippen molar-refractivity contribution in [2.75, 3.05) is 6.61 Å². The molecule has 80 valence electrons. The normalized spacial score (nSPS) is 20.2. The number of aliphatic hydroxyl groups is 1. The van der Waals surface area contributed by atoms with Crippen LogP contribution in [0.25, 0.3) is 0 Å². The molecule has 1 fully saturated rings. The first-order valence-electron chi connectivity index (χ1n) is 4.91. The molecular formula is C11H13NO3. The number of carbonyl (C=O) groups excluding carboxylic acids is 1. The summed E-state index contributed by atoms with van der Waals surface area (Å²) in [6, 6.07) is 9.45. The lowest BCUT2D eigenvalue weighted by molar-refractivity contribution is -0.237. The Balaban J connectivity index is 1.86. The summed E-state index contributed by atoms with van der Waals surface area (Å²) in [4.78, 5) is 16.4. The predicted octanol–water partition coefficient (Wildman–Crippen LogP) is 0.711. The highest BCUT2D eigenvalue weighted by Gasteiger charge is 2.36. The van der Waals surface area contributed by atoms with Crippen molar-refractivity contribution in [1.82, 2.24) is 5.06 Å². The second-order valence-corrected chi connectivity index (χ2v) is 3.52. The maximum absolute atomic E-state index is 11.1. The van der Waals surface area contributed by atoms with E-state index in [4.69, 9.17) is 9.94 Å². The third kappa shape index (κ3) is 2.16. The monoisotopic (exact) mass is 207 g/mol. The number of amides is 1. The van der Waals surface area contributed by atoms with Crippen LogP contribution in [-0.2, 0) is 16.2 Å². The zero-order chi connectivity index (χ0) is 10.7. The number of aliphatic hydroxyl groups excluding tert-OH is 1. The fourth-order valence-electron chi connectivity index (χ4n) is 1.50. The van der Waals surface area contributed by atoms with Gasteiger partial charge in [0.2, 0.25) is 5.91 Å². The first kappa shape index (κ1) is 10.1. The maximum Gasteiger partial charge on any atom is 0.248 e. The van der Waals surface area contributed by atoms with Crippen LogP contribution in [0, 0.1) is 0 Å². The number of benzene rings is 1. The number of hydrogen-bond acceptors (Lipinski definition) is 3. The van der Waals surface area contributed by atoms with E-state index in [1.807, 2.05) is 30.3 Å². The molecule has 1 aliphatic rings. The number of carbonyl (C=O) groups is 1. The Bertz CT molecular complexity index is 339. The van der Waals surface area contributed by atoms with Gasteiger partial charge in [-0.3, -0.25) is 9.63 Å². The molecule has 1 atom stereocenters. The maximum atomic E-state index is 11.1. The van der Waals surface area contributed by atoms with Gasteiger partial charge in [-0.15, -0.1) is 0 Å². The molecule has 1 heterocycles. The Morgan fingerprint density at radius 1 is 1.40 bits per heavy atom. The van der Waals surface area contributed by atoms with E-state index in [0.29, 0.717) is 13.0 Å². The van der Waals surface area contributed by atoms with Gasteiger partial charge in [0.1, 0.15) is 6.61 Å². The molecule has 1 N–H and O–H groups in total. The van der Waals surface area contributed by atoms with E-state index in [-0.39, 0.29) is 18.6 Å². The van der Waals surface area contributed by atoms with Gasteiger partial charge >= 0.3 is 0 Å². The Kier molecular flexibility index (Phi) is 2.99. The Hall–Kier alpha value is -1.39. The zero-order valence-corrected chi connectivity index (χ0v) is 8.30. The van der Waals surface area contributed by atoms with Crippen molar-refractivity contribution < 1.29 is 14.7 Å². The molecule has 1 unspecified atom stereocenters. The lowest BCUT2D eigenvalue weighted by Gasteiger charge is -2.37. The minimum absolute atomic E-state index is 0.0411. The standard InChI is InChI=1S/C11H13NO3/c13-7-10-6-11(14)12(10)15-8-9-4-2-1-3-5-9/h1-5,10,13H,6-8H2. The Morgan fingerprint density at radius 2 is 2.13 bits per heavy atom. The third-order valence-corrected chi connectivity index (χ3v) is 2.41. The van der Waals surface area contributed by atoms with Crippen LogP contribution in [0.2, 0.25) is 0 Å². The number of β-lactam (4-membered cyclic amide) rings is 1. The number of hydrogen-bond donors (Lipinski definition) is 1. The van der Waals surface area contributed by atoms with E-state index >= 15 is 0 Å². The largest absolute Gasteiger partial charge is 0.394 e. The van der Waals surface area contributed by atoms with Crippen LogP contribution in [-0.4, -0.2) is 28.7 Å². The first-order chi connectivity index (χ1) is 7.31. The van der Waals surface area contributed by atoms with Gasteiger partial charge in [-0.1, -0.05) is 30.3 Å². The van der Waals surface area contributed by atoms with E-state index < -0.39 is 0 Å². The molecule has 0 radical (unpaired) electrons. The molecule has 0 saturated carbocycles. The fourth-order valence-corrected chi connectivity index (χ4v) is 1.50. The van der Waals surface area contributed by atoms with Gasteiger partial charge in [0.05, 0.1) is 19.1 Å². The van der Waals surface area contributed by atoms with Gasteiger partial charge in [0.15, 0.2) is 0 Å². The van der Waals surface area contributed by atoms with E-state index in [1.54, 1.807) is 0 Å². The molecule has 1 amide bonds. The highest BCUT2D eigenvalue weighted by Crippen LogP contribution is 2.19. The smallest absolute Gasteiger partial charge is 0.248 e. The van der Waals surface area contributed by atoms with E-state index in [2.05, 4.69) is 0 Å². The quantitative estimate of drug-likeness (QED) is 0.740. The second-order valence-electron chi connectivity index (χ2n) is 3.52. The average Bonchev–Trinajstić information content (AvgIpc) is 2.27. The van der Waals surface area contributed by atoms with E-state index in [9.17, 15) is 4.79 Å². The van der Waals surface area contributed by atoms with E-state index in [0.717, 1.165) is 5.56 Å². The highest BCUT2D eigenvalue weighted by atomic mass is 16.7. The van der Waals surface area contributed by atoms with Crippen LogP contribution in [0.15, 0.2) is 30.3 Å². The van der Waals surface area contributed by atoms with Gasteiger partial charge in [-0.05, 0) is 5.56 Å². The molecule has 0 bridgehead atoms. The molecule has 0 spiro atoms. The number of rotatable bonds is 4. The molecule has 1 aliphatic heterocycles. The van der Waals surface area contributed by atoms with Crippen LogP contribution in [0.3, 0.4) is 0 Å². The summed E-state index contributed by atoms with van der Waals surface area (Å²) in [5, 5.41) is 10.2. The number of hydroxylamine groups is 2. The van der Waals surface area contributed by atoms with Gasteiger partial charge in [-0.2, -0.15) is 0 Å². The molecule has 4 nitrogen and oxygen atoms in total. The van der Waals surface area contributed by atoms with Crippen molar-refractivity contribution in [2.24, 2.45) is 0 Å². The fraction of sp³-hybridized carbons (Fsp3) is 0.364. The van der Waals surface area contributed by atoms with Gasteiger partial charge < -0.3 is 5.11 Å². The van der Waals surface area contributed by atoms with Gasteiger partial charge in [-0.25, -0.2) is 5.06 Å². The minimum atomic E-state index is -0.166. The molecule has 2 rings (SSSR count). The summed E-state index contributed by atoms with van der Waals surface area (Å²) in [5.74, 6) is -0.0648. The topological polar surface area (TPSA) is 49.8 Å². The highest BCUT2D eigenvalue weighted by molar-refractivity contribution is 5.81. The van der Waals surface area contributed by atoms with Crippen LogP contribution < -0.4 is 0 Å². The van der Waals surface area contributed by atoms with Gasteiger partial charge in [0.25, 0.3) is 0 Å². The van der Waals surface area contributed by atoms with Crippen LogP contribution in [0.4, 0.5) is 0 Å². The molecular weight excluding hydrogens is 194 g/mol.